The van der Waals surface area contributed by atoms with Crippen LogP contribution in [-0.2, 0) is 6.54 Å². The zero-order chi connectivity index (χ0) is 16.4. The van der Waals surface area contributed by atoms with Crippen molar-refractivity contribution in [2.75, 3.05) is 0 Å². The van der Waals surface area contributed by atoms with Gasteiger partial charge in [-0.25, -0.2) is 0 Å². The topological polar surface area (TPSA) is 34.4 Å². The van der Waals surface area contributed by atoms with Crippen LogP contribution in [-0.4, -0.2) is 10.5 Å². The molecule has 0 aliphatic carbocycles. The third kappa shape index (κ3) is 3.34. The van der Waals surface area contributed by atoms with Crippen molar-refractivity contribution < 1.29 is 4.79 Å². The van der Waals surface area contributed by atoms with Gasteiger partial charge in [-0.15, -0.1) is 0 Å². The summed E-state index contributed by atoms with van der Waals surface area (Å²) in [6.07, 6.45) is 0.946. The van der Waals surface area contributed by atoms with E-state index in [1.807, 2.05) is 22.8 Å². The number of thiazole rings is 1. The number of halogens is 2. The number of nitrogens with zero attached hydrogens (tertiary/aromatic N) is 2. The molecule has 23 heavy (non-hydrogen) atoms. The Bertz CT molecular complexity index is 943. The Hall–Kier alpha value is -1.62. The summed E-state index contributed by atoms with van der Waals surface area (Å²) in [6, 6.07) is 12.6. The molecular formula is C17H14Cl2N2OS. The van der Waals surface area contributed by atoms with Crippen molar-refractivity contribution in [3.05, 3.63) is 62.9 Å². The highest BCUT2D eigenvalue weighted by Gasteiger charge is 2.11. The van der Waals surface area contributed by atoms with Gasteiger partial charge in [-0.1, -0.05) is 53.6 Å². The molecule has 3 rings (SSSR count). The number of aryl methyl sites for hydroxylation is 1. The molecule has 1 aromatic heterocycles. The van der Waals surface area contributed by atoms with Crippen LogP contribution >= 0.6 is 34.5 Å². The van der Waals surface area contributed by atoms with Crippen LogP contribution in [0.5, 0.6) is 0 Å². The molecule has 6 heteroatoms. The molecule has 3 aromatic rings. The van der Waals surface area contributed by atoms with Crippen LogP contribution < -0.4 is 4.80 Å². The van der Waals surface area contributed by atoms with Crippen LogP contribution in [0.25, 0.3) is 10.2 Å². The summed E-state index contributed by atoms with van der Waals surface area (Å²) in [4.78, 5) is 17.4. The molecule has 0 bridgehead atoms. The molecule has 0 saturated carbocycles. The zero-order valence-corrected chi connectivity index (χ0v) is 14.8. The van der Waals surface area contributed by atoms with E-state index in [9.17, 15) is 4.79 Å². The lowest BCUT2D eigenvalue weighted by Crippen LogP contribution is -2.17. The maximum absolute atomic E-state index is 12.5. The van der Waals surface area contributed by atoms with E-state index in [1.54, 1.807) is 24.3 Å². The van der Waals surface area contributed by atoms with Gasteiger partial charge in [0.25, 0.3) is 5.91 Å². The largest absolute Gasteiger partial charge is 0.316 e. The van der Waals surface area contributed by atoms with E-state index >= 15 is 0 Å². The van der Waals surface area contributed by atoms with Gasteiger partial charge in [-0.3, -0.25) is 4.79 Å². The fourth-order valence-electron chi connectivity index (χ4n) is 2.35. The quantitative estimate of drug-likeness (QED) is 0.631. The molecule has 3 nitrogen and oxygen atoms in total. The van der Waals surface area contributed by atoms with Gasteiger partial charge in [0.2, 0.25) is 0 Å². The van der Waals surface area contributed by atoms with E-state index in [0.717, 1.165) is 23.2 Å². The average molecular weight is 365 g/mol. The van der Waals surface area contributed by atoms with Crippen LogP contribution in [0.15, 0.2) is 47.5 Å². The van der Waals surface area contributed by atoms with Crippen molar-refractivity contribution in [2.24, 2.45) is 4.99 Å². The van der Waals surface area contributed by atoms with Gasteiger partial charge < -0.3 is 4.57 Å². The van der Waals surface area contributed by atoms with E-state index in [0.29, 0.717) is 20.4 Å². The van der Waals surface area contributed by atoms with E-state index in [-0.39, 0.29) is 5.91 Å². The van der Waals surface area contributed by atoms with Gasteiger partial charge in [-0.05, 0) is 36.8 Å². The molecule has 0 unspecified atom stereocenters. The Labute approximate surface area is 147 Å². The minimum atomic E-state index is -0.335. The Morgan fingerprint density at radius 1 is 1.22 bits per heavy atom. The Kier molecular flexibility index (Phi) is 4.85. The molecule has 0 atom stereocenters. The number of benzene rings is 2. The monoisotopic (exact) mass is 364 g/mol. The maximum Gasteiger partial charge on any atom is 0.281 e. The van der Waals surface area contributed by atoms with Crippen molar-refractivity contribution in [3.63, 3.8) is 0 Å². The molecule has 0 N–H and O–H groups in total. The lowest BCUT2D eigenvalue weighted by molar-refractivity contribution is 0.0998. The highest BCUT2D eigenvalue weighted by Crippen LogP contribution is 2.22. The number of fused-ring (bicyclic) bond motifs is 1. The number of aromatic nitrogens is 1. The second-order valence-corrected chi connectivity index (χ2v) is 6.90. The number of carbonyl (C=O) groups is 1. The lowest BCUT2D eigenvalue weighted by atomic mass is 10.2. The number of hydrogen-bond donors (Lipinski definition) is 0. The van der Waals surface area contributed by atoms with E-state index in [2.05, 4.69) is 11.9 Å². The van der Waals surface area contributed by atoms with E-state index < -0.39 is 0 Å². The first-order valence-corrected chi connectivity index (χ1v) is 8.80. The number of hydrogen-bond acceptors (Lipinski definition) is 2. The molecular weight excluding hydrogens is 351 g/mol. The molecule has 118 valence electrons. The first-order chi connectivity index (χ1) is 11.1. The van der Waals surface area contributed by atoms with Gasteiger partial charge in [0.15, 0.2) is 4.80 Å². The number of amides is 1. The number of rotatable bonds is 3. The minimum Gasteiger partial charge on any atom is -0.316 e. The summed E-state index contributed by atoms with van der Waals surface area (Å²) in [5, 5.41) is 1.08. The zero-order valence-electron chi connectivity index (χ0n) is 12.4. The van der Waals surface area contributed by atoms with Crippen LogP contribution in [0, 0.1) is 0 Å². The third-order valence-electron chi connectivity index (χ3n) is 3.39. The van der Waals surface area contributed by atoms with Gasteiger partial charge in [0, 0.05) is 11.6 Å². The Morgan fingerprint density at radius 3 is 2.74 bits per heavy atom. The molecule has 0 spiro atoms. The van der Waals surface area contributed by atoms with Crippen molar-refractivity contribution in [2.45, 2.75) is 19.9 Å². The first kappa shape index (κ1) is 16.2. The minimum absolute atomic E-state index is 0.335. The highest BCUT2D eigenvalue weighted by atomic mass is 35.5. The Morgan fingerprint density at radius 2 is 2.00 bits per heavy atom. The third-order valence-corrected chi connectivity index (χ3v) is 5.00. The van der Waals surface area contributed by atoms with Gasteiger partial charge in [0.05, 0.1) is 20.8 Å². The van der Waals surface area contributed by atoms with E-state index in [1.165, 1.54) is 11.3 Å². The maximum atomic E-state index is 12.5. The van der Waals surface area contributed by atoms with Crippen molar-refractivity contribution in [1.82, 2.24) is 4.57 Å². The fourth-order valence-corrected chi connectivity index (χ4v) is 3.90. The molecule has 0 fully saturated rings. The molecule has 0 aliphatic heterocycles. The summed E-state index contributed by atoms with van der Waals surface area (Å²) in [5.41, 5.74) is 1.44. The van der Waals surface area contributed by atoms with Gasteiger partial charge in [-0.2, -0.15) is 4.99 Å². The summed E-state index contributed by atoms with van der Waals surface area (Å²) < 4.78 is 3.06. The number of carbonyl (C=O) groups excluding carboxylic acids is 1. The summed E-state index contributed by atoms with van der Waals surface area (Å²) in [5.74, 6) is -0.335. The normalized spacial score (nSPS) is 12.0. The molecule has 1 amide bonds. The molecule has 0 aliphatic rings. The Balaban J connectivity index is 2.16. The van der Waals surface area contributed by atoms with Crippen LogP contribution in [0.1, 0.15) is 23.7 Å². The average Bonchev–Trinajstić information content (AvgIpc) is 2.84. The first-order valence-electron chi connectivity index (χ1n) is 7.22. The molecule has 1 heterocycles. The lowest BCUT2D eigenvalue weighted by Gasteiger charge is -2.03. The van der Waals surface area contributed by atoms with Crippen molar-refractivity contribution >= 4 is 50.7 Å². The van der Waals surface area contributed by atoms with E-state index in [4.69, 9.17) is 23.2 Å². The highest BCUT2D eigenvalue weighted by molar-refractivity contribution is 7.16. The van der Waals surface area contributed by atoms with Gasteiger partial charge >= 0.3 is 0 Å². The second-order valence-electron chi connectivity index (χ2n) is 5.05. The predicted octanol–water partition coefficient (Wildman–Crippen LogP) is 5.16. The molecule has 0 saturated heterocycles. The van der Waals surface area contributed by atoms with Crippen LogP contribution in [0.4, 0.5) is 0 Å². The molecule has 0 radical (unpaired) electrons. The second kappa shape index (κ2) is 6.87. The summed E-state index contributed by atoms with van der Waals surface area (Å²) >= 11 is 13.6. The van der Waals surface area contributed by atoms with Crippen LogP contribution in [0.3, 0.4) is 0 Å². The predicted molar refractivity (Wildman–Crippen MR) is 96.5 cm³/mol. The van der Waals surface area contributed by atoms with Gasteiger partial charge in [0.1, 0.15) is 0 Å². The molecule has 2 aromatic carbocycles. The standard InChI is InChI=1S/C17H14Cl2N2OS/c1-2-9-21-14-8-7-11(18)10-15(14)23-17(21)20-16(22)12-5-3-4-6-13(12)19/h3-8,10H,2,9H2,1H3. The SMILES string of the molecule is CCCn1c(=NC(=O)c2ccccc2Cl)sc2cc(Cl)ccc21. The fraction of sp³-hybridized carbons (Fsp3) is 0.176. The van der Waals surface area contributed by atoms with Crippen molar-refractivity contribution in [1.29, 1.82) is 0 Å². The smallest absolute Gasteiger partial charge is 0.281 e. The summed E-state index contributed by atoms with van der Waals surface area (Å²) in [7, 11) is 0. The van der Waals surface area contributed by atoms with Crippen LogP contribution in [0.2, 0.25) is 10.0 Å². The van der Waals surface area contributed by atoms with Crippen molar-refractivity contribution in [3.8, 4) is 0 Å². The summed E-state index contributed by atoms with van der Waals surface area (Å²) in [6.45, 7) is 2.88.